The molecule has 0 aliphatic carbocycles. The third-order valence-corrected chi connectivity index (χ3v) is 3.95. The molecule has 1 aliphatic rings. The van der Waals surface area contributed by atoms with E-state index in [0.717, 1.165) is 16.8 Å². The summed E-state index contributed by atoms with van der Waals surface area (Å²) in [6.07, 6.45) is 0. The Labute approximate surface area is 123 Å². The Morgan fingerprint density at radius 1 is 1.20 bits per heavy atom. The summed E-state index contributed by atoms with van der Waals surface area (Å²) in [6.45, 7) is 2.53. The van der Waals surface area contributed by atoms with E-state index < -0.39 is 5.54 Å². The zero-order valence-electron chi connectivity index (χ0n) is 11.1. The van der Waals surface area contributed by atoms with Crippen molar-refractivity contribution >= 4 is 23.2 Å². The van der Waals surface area contributed by atoms with Gasteiger partial charge in [-0.25, -0.2) is 0 Å². The molecular weight excluding hydrogens is 272 g/mol. The Morgan fingerprint density at radius 2 is 1.95 bits per heavy atom. The minimum absolute atomic E-state index is 0.0503. The van der Waals surface area contributed by atoms with Gasteiger partial charge in [0.25, 0.3) is 0 Å². The summed E-state index contributed by atoms with van der Waals surface area (Å²) in [5, 5.41) is 6.85. The number of halogens is 1. The number of rotatable bonds is 3. The maximum absolute atomic E-state index is 12.3. The number of hydrogen-bond acceptors (Lipinski definition) is 2. The number of amides is 1. The predicted molar refractivity (Wildman–Crippen MR) is 80.7 cm³/mol. The molecule has 20 heavy (non-hydrogen) atoms. The minimum atomic E-state index is -0.726. The van der Waals surface area contributed by atoms with Crippen molar-refractivity contribution in [3.63, 3.8) is 0 Å². The van der Waals surface area contributed by atoms with Gasteiger partial charge in [0.1, 0.15) is 5.54 Å². The predicted octanol–water partition coefficient (Wildman–Crippen LogP) is 3.30. The van der Waals surface area contributed by atoms with Crippen LogP contribution in [0, 0.1) is 0 Å². The maximum atomic E-state index is 12.3. The number of hydrogen-bond donors (Lipinski definition) is 2. The lowest BCUT2D eigenvalue weighted by molar-refractivity contribution is -0.121. The molecule has 102 valence electrons. The van der Waals surface area contributed by atoms with Crippen LogP contribution >= 0.6 is 11.6 Å². The van der Waals surface area contributed by atoms with Gasteiger partial charge in [-0.15, -0.1) is 0 Å². The van der Waals surface area contributed by atoms with Gasteiger partial charge in [-0.05, 0) is 24.6 Å². The highest BCUT2D eigenvalue weighted by atomic mass is 35.5. The standard InChI is InChI=1S/C16H15ClN2O/c1-16(18-10-11-5-3-2-4-6-11)13-8-7-12(17)9-14(13)19-15(16)20/h2-9,18H,10H2,1H3,(H,19,20). The van der Waals surface area contributed by atoms with Crippen LogP contribution in [0.3, 0.4) is 0 Å². The maximum Gasteiger partial charge on any atom is 0.249 e. The molecule has 3 nitrogen and oxygen atoms in total. The highest BCUT2D eigenvalue weighted by Crippen LogP contribution is 2.37. The van der Waals surface area contributed by atoms with Crippen molar-refractivity contribution in [2.75, 3.05) is 5.32 Å². The van der Waals surface area contributed by atoms with E-state index in [1.54, 1.807) is 6.07 Å². The number of carbonyl (C=O) groups is 1. The second-order valence-corrected chi connectivity index (χ2v) is 5.54. The molecule has 0 saturated carbocycles. The van der Waals surface area contributed by atoms with Crippen molar-refractivity contribution in [3.05, 3.63) is 64.7 Å². The molecule has 1 amide bonds. The lowest BCUT2D eigenvalue weighted by Gasteiger charge is -2.24. The first-order valence-electron chi connectivity index (χ1n) is 6.50. The van der Waals surface area contributed by atoms with Crippen LogP contribution in [0.25, 0.3) is 0 Å². The molecule has 1 atom stereocenters. The van der Waals surface area contributed by atoms with E-state index in [9.17, 15) is 4.79 Å². The van der Waals surface area contributed by atoms with Crippen molar-refractivity contribution in [1.82, 2.24) is 5.32 Å². The van der Waals surface area contributed by atoms with E-state index in [-0.39, 0.29) is 5.91 Å². The first-order chi connectivity index (χ1) is 9.59. The average molecular weight is 287 g/mol. The molecule has 1 heterocycles. The van der Waals surface area contributed by atoms with Gasteiger partial charge >= 0.3 is 0 Å². The summed E-state index contributed by atoms with van der Waals surface area (Å²) in [5.74, 6) is -0.0503. The SMILES string of the molecule is CC1(NCc2ccccc2)C(=O)Nc2cc(Cl)ccc21. The van der Waals surface area contributed by atoms with Crippen molar-refractivity contribution < 1.29 is 4.79 Å². The van der Waals surface area contributed by atoms with Crippen LogP contribution in [0.1, 0.15) is 18.1 Å². The summed E-state index contributed by atoms with van der Waals surface area (Å²) < 4.78 is 0. The Hall–Kier alpha value is -1.84. The Kier molecular flexibility index (Phi) is 3.24. The van der Waals surface area contributed by atoms with E-state index in [0.29, 0.717) is 11.6 Å². The topological polar surface area (TPSA) is 41.1 Å². The van der Waals surface area contributed by atoms with Gasteiger partial charge in [-0.2, -0.15) is 0 Å². The molecule has 3 rings (SSSR count). The lowest BCUT2D eigenvalue weighted by Crippen LogP contribution is -2.44. The molecule has 2 aromatic carbocycles. The normalized spacial score (nSPS) is 20.6. The summed E-state index contributed by atoms with van der Waals surface area (Å²) in [4.78, 5) is 12.3. The molecule has 4 heteroatoms. The molecule has 1 aliphatic heterocycles. The largest absolute Gasteiger partial charge is 0.324 e. The number of anilines is 1. The second-order valence-electron chi connectivity index (χ2n) is 5.11. The van der Waals surface area contributed by atoms with Crippen LogP contribution in [0.15, 0.2) is 48.5 Å². The van der Waals surface area contributed by atoms with E-state index >= 15 is 0 Å². The summed E-state index contributed by atoms with van der Waals surface area (Å²) in [7, 11) is 0. The van der Waals surface area contributed by atoms with Crippen LogP contribution < -0.4 is 10.6 Å². The van der Waals surface area contributed by atoms with E-state index in [2.05, 4.69) is 10.6 Å². The van der Waals surface area contributed by atoms with Crippen LogP contribution in [0.5, 0.6) is 0 Å². The quantitative estimate of drug-likeness (QED) is 0.909. The van der Waals surface area contributed by atoms with Crippen molar-refractivity contribution in [1.29, 1.82) is 0 Å². The van der Waals surface area contributed by atoms with E-state index in [1.807, 2.05) is 49.4 Å². The highest BCUT2D eigenvalue weighted by molar-refractivity contribution is 6.31. The Morgan fingerprint density at radius 3 is 2.70 bits per heavy atom. The smallest absolute Gasteiger partial charge is 0.249 e. The van der Waals surface area contributed by atoms with Crippen LogP contribution in [-0.4, -0.2) is 5.91 Å². The Balaban J connectivity index is 1.87. The highest BCUT2D eigenvalue weighted by Gasteiger charge is 2.42. The van der Waals surface area contributed by atoms with Crippen LogP contribution in [0.4, 0.5) is 5.69 Å². The Bertz CT molecular complexity index is 657. The molecule has 0 saturated heterocycles. The number of carbonyl (C=O) groups excluding carboxylic acids is 1. The third kappa shape index (κ3) is 2.19. The molecule has 0 spiro atoms. The zero-order valence-corrected chi connectivity index (χ0v) is 11.9. The molecule has 0 fully saturated rings. The fourth-order valence-corrected chi connectivity index (χ4v) is 2.65. The zero-order chi connectivity index (χ0) is 14.2. The van der Waals surface area contributed by atoms with Crippen molar-refractivity contribution in [2.45, 2.75) is 19.0 Å². The second kappa shape index (κ2) is 4.93. The number of fused-ring (bicyclic) bond motifs is 1. The average Bonchev–Trinajstić information content (AvgIpc) is 2.69. The van der Waals surface area contributed by atoms with Gasteiger partial charge in [0.15, 0.2) is 0 Å². The van der Waals surface area contributed by atoms with Crippen molar-refractivity contribution in [2.24, 2.45) is 0 Å². The summed E-state index contributed by atoms with van der Waals surface area (Å²) in [6, 6.07) is 15.5. The molecule has 2 aromatic rings. The van der Waals surface area contributed by atoms with Gasteiger partial charge in [-0.1, -0.05) is 48.0 Å². The van der Waals surface area contributed by atoms with Crippen LogP contribution in [-0.2, 0) is 16.9 Å². The van der Waals surface area contributed by atoms with Gasteiger partial charge in [-0.3, -0.25) is 10.1 Å². The van der Waals surface area contributed by atoms with Crippen molar-refractivity contribution in [3.8, 4) is 0 Å². The fraction of sp³-hybridized carbons (Fsp3) is 0.188. The molecule has 2 N–H and O–H groups in total. The van der Waals surface area contributed by atoms with Gasteiger partial charge in [0, 0.05) is 22.8 Å². The molecule has 0 aromatic heterocycles. The lowest BCUT2D eigenvalue weighted by atomic mass is 9.93. The van der Waals surface area contributed by atoms with Gasteiger partial charge in [0.05, 0.1) is 0 Å². The molecule has 0 bridgehead atoms. The van der Waals surface area contributed by atoms with Crippen LogP contribution in [0.2, 0.25) is 5.02 Å². The molecular formula is C16H15ClN2O. The minimum Gasteiger partial charge on any atom is -0.324 e. The molecule has 0 radical (unpaired) electrons. The van der Waals surface area contributed by atoms with Gasteiger partial charge in [0.2, 0.25) is 5.91 Å². The first-order valence-corrected chi connectivity index (χ1v) is 6.88. The first kappa shape index (κ1) is 13.2. The summed E-state index contributed by atoms with van der Waals surface area (Å²) >= 11 is 5.97. The van der Waals surface area contributed by atoms with Gasteiger partial charge < -0.3 is 5.32 Å². The molecule has 1 unspecified atom stereocenters. The number of benzene rings is 2. The third-order valence-electron chi connectivity index (χ3n) is 3.71. The van der Waals surface area contributed by atoms with E-state index in [1.165, 1.54) is 0 Å². The number of nitrogens with one attached hydrogen (secondary N) is 2. The summed E-state index contributed by atoms with van der Waals surface area (Å²) in [5.41, 5.74) is 2.13. The monoisotopic (exact) mass is 286 g/mol. The van der Waals surface area contributed by atoms with E-state index in [4.69, 9.17) is 11.6 Å². The fourth-order valence-electron chi connectivity index (χ4n) is 2.48.